The van der Waals surface area contributed by atoms with E-state index in [4.69, 9.17) is 23.2 Å². The van der Waals surface area contributed by atoms with Gasteiger partial charge in [-0.1, -0.05) is 47.5 Å². The fraction of sp³-hybridized carbons (Fsp3) is 0. The van der Waals surface area contributed by atoms with Crippen LogP contribution in [0.2, 0.25) is 10.0 Å². The van der Waals surface area contributed by atoms with Gasteiger partial charge in [-0.2, -0.15) is 0 Å². The Hall–Kier alpha value is -2.86. The van der Waals surface area contributed by atoms with Crippen LogP contribution in [-0.2, 0) is 0 Å². The van der Waals surface area contributed by atoms with Gasteiger partial charge < -0.3 is 10.6 Å². The van der Waals surface area contributed by atoms with E-state index in [9.17, 15) is 9.59 Å². The van der Waals surface area contributed by atoms with E-state index in [1.807, 2.05) is 24.3 Å². The van der Waals surface area contributed by atoms with Crippen LogP contribution in [0.5, 0.6) is 0 Å². The largest absolute Gasteiger partial charge is 0.322 e. The van der Waals surface area contributed by atoms with Gasteiger partial charge in [-0.3, -0.25) is 9.59 Å². The molecular weight excluding hydrogens is 427 g/mol. The summed E-state index contributed by atoms with van der Waals surface area (Å²) in [6, 6.07) is 21.2. The van der Waals surface area contributed by atoms with E-state index in [2.05, 4.69) is 10.6 Å². The summed E-state index contributed by atoms with van der Waals surface area (Å²) in [5, 5.41) is 7.44. The Balaban J connectivity index is 1.45. The number of benzene rings is 3. The van der Waals surface area contributed by atoms with Crippen LogP contribution in [0.15, 0.2) is 72.8 Å². The van der Waals surface area contributed by atoms with Crippen LogP contribution < -0.4 is 10.6 Å². The second-order valence-electron chi connectivity index (χ2n) is 6.24. The maximum Gasteiger partial charge on any atom is 0.267 e. The third-order valence-electron chi connectivity index (χ3n) is 4.23. The Morgan fingerprint density at radius 2 is 1.41 bits per heavy atom. The van der Waals surface area contributed by atoms with Gasteiger partial charge in [0.1, 0.15) is 4.88 Å². The van der Waals surface area contributed by atoms with E-state index in [0.717, 1.165) is 10.1 Å². The first-order chi connectivity index (χ1) is 14.0. The second kappa shape index (κ2) is 8.25. The van der Waals surface area contributed by atoms with Crippen LogP contribution >= 0.6 is 34.5 Å². The Kier molecular flexibility index (Phi) is 5.53. The highest BCUT2D eigenvalue weighted by Gasteiger charge is 2.17. The van der Waals surface area contributed by atoms with Crippen molar-refractivity contribution in [1.29, 1.82) is 0 Å². The molecule has 0 spiro atoms. The molecule has 0 saturated heterocycles. The molecule has 4 aromatic rings. The van der Waals surface area contributed by atoms with Gasteiger partial charge >= 0.3 is 0 Å². The molecule has 0 saturated carbocycles. The van der Waals surface area contributed by atoms with Crippen molar-refractivity contribution in [1.82, 2.24) is 0 Å². The van der Waals surface area contributed by atoms with Crippen molar-refractivity contribution >= 4 is 67.8 Å². The Morgan fingerprint density at radius 1 is 0.759 bits per heavy atom. The van der Waals surface area contributed by atoms with Crippen molar-refractivity contribution in [2.45, 2.75) is 0 Å². The van der Waals surface area contributed by atoms with Crippen LogP contribution in [-0.4, -0.2) is 11.8 Å². The third-order valence-corrected chi connectivity index (χ3v) is 6.14. The molecule has 7 heteroatoms. The Bertz CT molecular complexity index is 1220. The lowest BCUT2D eigenvalue weighted by Crippen LogP contribution is -2.12. The molecule has 0 aliphatic rings. The highest BCUT2D eigenvalue weighted by atomic mass is 35.5. The lowest BCUT2D eigenvalue weighted by Gasteiger charge is -2.08. The van der Waals surface area contributed by atoms with E-state index in [1.165, 1.54) is 11.3 Å². The van der Waals surface area contributed by atoms with Gasteiger partial charge in [-0.05, 0) is 48.5 Å². The molecule has 4 nitrogen and oxygen atoms in total. The minimum absolute atomic E-state index is 0.263. The number of thiophene rings is 1. The van der Waals surface area contributed by atoms with Crippen LogP contribution in [0.4, 0.5) is 11.4 Å². The summed E-state index contributed by atoms with van der Waals surface area (Å²) in [5.74, 6) is -0.534. The number of hydrogen-bond acceptors (Lipinski definition) is 3. The molecule has 144 valence electrons. The molecule has 4 rings (SSSR count). The Morgan fingerprint density at radius 3 is 2.07 bits per heavy atom. The molecule has 1 heterocycles. The standard InChI is InChI=1S/C22H14Cl2N2O2S/c23-14-5-3-4-13(12-14)21(27)25-15-8-10-16(11-9-15)26-22(28)20-19(24)17-6-1-2-7-18(17)29-20/h1-12H,(H,25,27)(H,26,28). The first kappa shape index (κ1) is 19.5. The van der Waals surface area contributed by atoms with Gasteiger partial charge in [-0.15, -0.1) is 11.3 Å². The molecule has 0 aliphatic carbocycles. The van der Waals surface area contributed by atoms with Gasteiger partial charge in [0.15, 0.2) is 0 Å². The smallest absolute Gasteiger partial charge is 0.267 e. The Labute approximate surface area is 181 Å². The number of nitrogens with one attached hydrogen (secondary N) is 2. The summed E-state index contributed by atoms with van der Waals surface area (Å²) in [7, 11) is 0. The van der Waals surface area contributed by atoms with Crippen molar-refractivity contribution in [3.8, 4) is 0 Å². The maximum absolute atomic E-state index is 12.6. The number of hydrogen-bond donors (Lipinski definition) is 2. The SMILES string of the molecule is O=C(Nc1ccc(NC(=O)c2sc3ccccc3c2Cl)cc1)c1cccc(Cl)c1. The molecule has 0 radical (unpaired) electrons. The molecule has 3 aromatic carbocycles. The van der Waals surface area contributed by atoms with Crippen LogP contribution in [0.25, 0.3) is 10.1 Å². The van der Waals surface area contributed by atoms with Crippen molar-refractivity contribution in [3.05, 3.63) is 93.3 Å². The number of anilines is 2. The van der Waals surface area contributed by atoms with Crippen LogP contribution in [0.1, 0.15) is 20.0 Å². The molecular formula is C22H14Cl2N2O2S. The summed E-state index contributed by atoms with van der Waals surface area (Å²) in [6.45, 7) is 0. The summed E-state index contributed by atoms with van der Waals surface area (Å²) in [5.41, 5.74) is 1.67. The summed E-state index contributed by atoms with van der Waals surface area (Å²) in [6.07, 6.45) is 0. The van der Waals surface area contributed by atoms with Crippen molar-refractivity contribution < 1.29 is 9.59 Å². The average molecular weight is 441 g/mol. The van der Waals surface area contributed by atoms with Gasteiger partial charge in [-0.25, -0.2) is 0 Å². The van der Waals surface area contributed by atoms with Gasteiger partial charge in [0.2, 0.25) is 0 Å². The quantitative estimate of drug-likeness (QED) is 0.370. The van der Waals surface area contributed by atoms with E-state index < -0.39 is 0 Å². The maximum atomic E-state index is 12.6. The summed E-state index contributed by atoms with van der Waals surface area (Å²) < 4.78 is 0.960. The minimum Gasteiger partial charge on any atom is -0.322 e. The zero-order valence-corrected chi connectivity index (χ0v) is 17.2. The number of carbonyl (C=O) groups excluding carboxylic acids is 2. The minimum atomic E-state index is -0.271. The highest BCUT2D eigenvalue weighted by Crippen LogP contribution is 2.35. The zero-order valence-electron chi connectivity index (χ0n) is 14.9. The van der Waals surface area contributed by atoms with Gasteiger partial charge in [0.25, 0.3) is 11.8 Å². The number of rotatable bonds is 4. The second-order valence-corrected chi connectivity index (χ2v) is 8.10. The van der Waals surface area contributed by atoms with E-state index in [0.29, 0.717) is 31.9 Å². The summed E-state index contributed by atoms with van der Waals surface area (Å²) in [4.78, 5) is 25.4. The number of carbonyl (C=O) groups is 2. The van der Waals surface area contributed by atoms with Gasteiger partial charge in [0, 0.05) is 32.0 Å². The lowest BCUT2D eigenvalue weighted by atomic mass is 10.2. The van der Waals surface area contributed by atoms with Crippen LogP contribution in [0, 0.1) is 0 Å². The fourth-order valence-electron chi connectivity index (χ4n) is 2.82. The molecule has 2 amide bonds. The van der Waals surface area contributed by atoms with E-state index in [-0.39, 0.29) is 11.8 Å². The molecule has 0 aliphatic heterocycles. The van der Waals surface area contributed by atoms with E-state index in [1.54, 1.807) is 48.5 Å². The molecule has 0 bridgehead atoms. The third kappa shape index (κ3) is 4.27. The van der Waals surface area contributed by atoms with Crippen molar-refractivity contribution in [2.24, 2.45) is 0 Å². The zero-order chi connectivity index (χ0) is 20.4. The first-order valence-electron chi connectivity index (χ1n) is 8.66. The summed E-state index contributed by atoms with van der Waals surface area (Å²) >= 11 is 13.6. The molecule has 29 heavy (non-hydrogen) atoms. The number of fused-ring (bicyclic) bond motifs is 1. The van der Waals surface area contributed by atoms with Crippen molar-refractivity contribution in [2.75, 3.05) is 10.6 Å². The normalized spacial score (nSPS) is 10.7. The highest BCUT2D eigenvalue weighted by molar-refractivity contribution is 7.21. The predicted octanol–water partition coefficient (Wildman–Crippen LogP) is 6.71. The number of halogens is 2. The number of amides is 2. The van der Waals surface area contributed by atoms with Gasteiger partial charge in [0.05, 0.1) is 5.02 Å². The molecule has 0 atom stereocenters. The topological polar surface area (TPSA) is 58.2 Å². The molecule has 1 aromatic heterocycles. The molecule has 2 N–H and O–H groups in total. The fourth-order valence-corrected chi connectivity index (χ4v) is 4.42. The monoisotopic (exact) mass is 440 g/mol. The lowest BCUT2D eigenvalue weighted by molar-refractivity contribution is 0.102. The molecule has 0 unspecified atom stereocenters. The van der Waals surface area contributed by atoms with E-state index >= 15 is 0 Å². The average Bonchev–Trinajstić information content (AvgIpc) is 3.06. The van der Waals surface area contributed by atoms with Crippen molar-refractivity contribution in [3.63, 3.8) is 0 Å². The predicted molar refractivity (Wildman–Crippen MR) is 121 cm³/mol. The first-order valence-corrected chi connectivity index (χ1v) is 10.2. The molecule has 0 fully saturated rings. The van der Waals surface area contributed by atoms with Crippen LogP contribution in [0.3, 0.4) is 0 Å².